The van der Waals surface area contributed by atoms with Gasteiger partial charge in [0.05, 0.1) is 11.7 Å². The SMILES string of the molecule is CC(C)(C)OC(=O)N1CCC(N(C(=O)c2cnc(-c3ccc(C(=O)NCC4CCCCO4)cc3)nc2)C2CC2)CC1. The highest BCUT2D eigenvalue weighted by molar-refractivity contribution is 5.95. The molecule has 10 heteroatoms. The Labute approximate surface area is 241 Å². The second-order valence-corrected chi connectivity index (χ2v) is 12.2. The topological polar surface area (TPSA) is 114 Å². The maximum atomic E-state index is 13.6. The average Bonchev–Trinajstić information content (AvgIpc) is 3.81. The summed E-state index contributed by atoms with van der Waals surface area (Å²) in [6.07, 6.45) is 9.56. The van der Waals surface area contributed by atoms with Crippen LogP contribution in [0.4, 0.5) is 4.79 Å². The van der Waals surface area contributed by atoms with Crippen molar-refractivity contribution < 1.29 is 23.9 Å². The fraction of sp³-hybridized carbons (Fsp3) is 0.581. The van der Waals surface area contributed by atoms with E-state index in [1.807, 2.05) is 37.8 Å². The molecule has 1 saturated carbocycles. The predicted molar refractivity (Wildman–Crippen MR) is 153 cm³/mol. The van der Waals surface area contributed by atoms with Crippen LogP contribution in [0.15, 0.2) is 36.7 Å². The predicted octanol–water partition coefficient (Wildman–Crippen LogP) is 4.45. The molecule has 1 unspecified atom stereocenters. The number of nitrogens with zero attached hydrogens (tertiary/aromatic N) is 4. The van der Waals surface area contributed by atoms with Crippen LogP contribution in [-0.4, -0.2) is 87.7 Å². The molecule has 1 aliphatic carbocycles. The molecule has 2 aromatic rings. The molecule has 10 nitrogen and oxygen atoms in total. The summed E-state index contributed by atoms with van der Waals surface area (Å²) < 4.78 is 11.2. The zero-order valence-electron chi connectivity index (χ0n) is 24.3. The molecule has 41 heavy (non-hydrogen) atoms. The van der Waals surface area contributed by atoms with E-state index in [0.717, 1.165) is 44.3 Å². The van der Waals surface area contributed by atoms with Crippen LogP contribution in [-0.2, 0) is 9.47 Å². The van der Waals surface area contributed by atoms with Crippen molar-refractivity contribution >= 4 is 17.9 Å². The Bertz CT molecular complexity index is 1210. The molecule has 5 rings (SSSR count). The van der Waals surface area contributed by atoms with E-state index in [1.165, 1.54) is 0 Å². The van der Waals surface area contributed by atoms with Crippen molar-refractivity contribution in [2.24, 2.45) is 0 Å². The summed E-state index contributed by atoms with van der Waals surface area (Å²) in [5, 5.41) is 2.95. The zero-order valence-corrected chi connectivity index (χ0v) is 24.3. The number of nitrogens with one attached hydrogen (secondary N) is 1. The summed E-state index contributed by atoms with van der Waals surface area (Å²) in [5.41, 5.74) is 1.26. The van der Waals surface area contributed by atoms with Crippen LogP contribution >= 0.6 is 0 Å². The van der Waals surface area contributed by atoms with Crippen LogP contribution in [0.3, 0.4) is 0 Å². The summed E-state index contributed by atoms with van der Waals surface area (Å²) in [4.78, 5) is 51.2. The smallest absolute Gasteiger partial charge is 0.410 e. The third-order valence-electron chi connectivity index (χ3n) is 7.75. The Hall–Kier alpha value is -3.53. The van der Waals surface area contributed by atoms with Gasteiger partial charge in [0.15, 0.2) is 5.82 Å². The molecule has 3 amide bonds. The third-order valence-corrected chi connectivity index (χ3v) is 7.75. The number of ether oxygens (including phenoxy) is 2. The standard InChI is InChI=1S/C31H41N5O5/c1-31(2,3)41-30(39)35-15-13-25(14-16-35)36(24-11-12-24)29(38)23-18-32-27(33-19-23)21-7-9-22(10-8-21)28(37)34-20-26-6-4-5-17-40-26/h7-10,18-19,24-26H,4-6,11-17,20H2,1-3H3,(H,34,37). The van der Waals surface area contributed by atoms with E-state index in [1.54, 1.807) is 29.4 Å². The second kappa shape index (κ2) is 12.5. The van der Waals surface area contributed by atoms with E-state index in [4.69, 9.17) is 9.47 Å². The van der Waals surface area contributed by atoms with E-state index >= 15 is 0 Å². The van der Waals surface area contributed by atoms with Crippen LogP contribution in [0, 0.1) is 0 Å². The molecule has 1 atom stereocenters. The minimum absolute atomic E-state index is 0.0660. The first-order chi connectivity index (χ1) is 19.7. The summed E-state index contributed by atoms with van der Waals surface area (Å²) in [6.45, 7) is 7.99. The normalized spacial score (nSPS) is 19.9. The number of carbonyl (C=O) groups is 3. The summed E-state index contributed by atoms with van der Waals surface area (Å²) in [5.74, 6) is 0.293. The summed E-state index contributed by atoms with van der Waals surface area (Å²) in [6, 6.07) is 7.44. The number of hydrogen-bond donors (Lipinski definition) is 1. The number of benzene rings is 1. The number of likely N-dealkylation sites (tertiary alicyclic amines) is 1. The first-order valence-corrected chi connectivity index (χ1v) is 14.8. The van der Waals surface area contributed by atoms with Gasteiger partial charge < -0.3 is 24.6 Å². The number of carbonyl (C=O) groups excluding carboxylic acids is 3. The fourth-order valence-electron chi connectivity index (χ4n) is 5.42. The van der Waals surface area contributed by atoms with Gasteiger partial charge >= 0.3 is 6.09 Å². The molecule has 220 valence electrons. The molecule has 1 aromatic carbocycles. The number of aromatic nitrogens is 2. The summed E-state index contributed by atoms with van der Waals surface area (Å²) in [7, 11) is 0. The van der Waals surface area contributed by atoms with Crippen molar-refractivity contribution in [3.05, 3.63) is 47.8 Å². The van der Waals surface area contributed by atoms with Crippen molar-refractivity contribution in [1.29, 1.82) is 0 Å². The van der Waals surface area contributed by atoms with Crippen LogP contribution in [0.2, 0.25) is 0 Å². The molecule has 2 saturated heterocycles. The highest BCUT2D eigenvalue weighted by Crippen LogP contribution is 2.33. The second-order valence-electron chi connectivity index (χ2n) is 12.2. The van der Waals surface area contributed by atoms with E-state index in [0.29, 0.717) is 49.4 Å². The minimum Gasteiger partial charge on any atom is -0.444 e. The number of piperidine rings is 1. The first kappa shape index (κ1) is 29.0. The van der Waals surface area contributed by atoms with E-state index < -0.39 is 5.60 Å². The van der Waals surface area contributed by atoms with Gasteiger partial charge in [0.25, 0.3) is 11.8 Å². The molecular formula is C31H41N5O5. The molecule has 1 aromatic heterocycles. The lowest BCUT2D eigenvalue weighted by atomic mass is 10.0. The number of amides is 3. The highest BCUT2D eigenvalue weighted by atomic mass is 16.6. The van der Waals surface area contributed by atoms with Gasteiger partial charge in [0, 0.05) is 61.8 Å². The average molecular weight is 564 g/mol. The lowest BCUT2D eigenvalue weighted by molar-refractivity contribution is 0.0142. The van der Waals surface area contributed by atoms with Crippen molar-refractivity contribution in [3.8, 4) is 11.4 Å². The molecule has 0 spiro atoms. The molecule has 1 N–H and O–H groups in total. The maximum Gasteiger partial charge on any atom is 0.410 e. The third kappa shape index (κ3) is 7.61. The lowest BCUT2D eigenvalue weighted by Gasteiger charge is -2.39. The van der Waals surface area contributed by atoms with E-state index in [9.17, 15) is 14.4 Å². The lowest BCUT2D eigenvalue weighted by Crippen LogP contribution is -2.50. The van der Waals surface area contributed by atoms with Gasteiger partial charge in [-0.2, -0.15) is 0 Å². The Morgan fingerprint density at radius 1 is 0.951 bits per heavy atom. The van der Waals surface area contributed by atoms with Crippen LogP contribution < -0.4 is 5.32 Å². The molecule has 3 aliphatic rings. The molecular weight excluding hydrogens is 522 g/mol. The van der Waals surface area contributed by atoms with Crippen LogP contribution in [0.1, 0.15) is 86.4 Å². The maximum absolute atomic E-state index is 13.6. The zero-order chi connectivity index (χ0) is 29.0. The van der Waals surface area contributed by atoms with Crippen LogP contribution in [0.5, 0.6) is 0 Å². The van der Waals surface area contributed by atoms with Gasteiger partial charge in [0.1, 0.15) is 5.60 Å². The Morgan fingerprint density at radius 2 is 1.61 bits per heavy atom. The van der Waals surface area contributed by atoms with Gasteiger partial charge in [-0.25, -0.2) is 14.8 Å². The quantitative estimate of drug-likeness (QED) is 0.530. The largest absolute Gasteiger partial charge is 0.444 e. The van der Waals surface area contributed by atoms with Crippen molar-refractivity contribution in [2.75, 3.05) is 26.2 Å². The fourth-order valence-corrected chi connectivity index (χ4v) is 5.42. The molecule has 2 aliphatic heterocycles. The summed E-state index contributed by atoms with van der Waals surface area (Å²) >= 11 is 0. The Balaban J connectivity index is 1.17. The van der Waals surface area contributed by atoms with Crippen molar-refractivity contribution in [3.63, 3.8) is 0 Å². The molecule has 3 fully saturated rings. The Morgan fingerprint density at radius 3 is 2.20 bits per heavy atom. The van der Waals surface area contributed by atoms with E-state index in [-0.39, 0.29) is 36.1 Å². The van der Waals surface area contributed by atoms with Crippen LogP contribution in [0.25, 0.3) is 11.4 Å². The first-order valence-electron chi connectivity index (χ1n) is 14.8. The molecule has 0 bridgehead atoms. The number of hydrogen-bond acceptors (Lipinski definition) is 7. The van der Waals surface area contributed by atoms with Gasteiger partial charge in [-0.1, -0.05) is 12.1 Å². The van der Waals surface area contributed by atoms with Gasteiger partial charge in [-0.15, -0.1) is 0 Å². The Kier molecular flexibility index (Phi) is 8.87. The van der Waals surface area contributed by atoms with Gasteiger partial charge in [-0.3, -0.25) is 9.59 Å². The number of rotatable bonds is 7. The molecule has 0 radical (unpaired) electrons. The van der Waals surface area contributed by atoms with E-state index in [2.05, 4.69) is 15.3 Å². The highest BCUT2D eigenvalue weighted by Gasteiger charge is 2.40. The van der Waals surface area contributed by atoms with Gasteiger partial charge in [0.2, 0.25) is 0 Å². The van der Waals surface area contributed by atoms with Crippen molar-refractivity contribution in [2.45, 2.75) is 89.5 Å². The molecule has 3 heterocycles. The monoisotopic (exact) mass is 563 g/mol. The minimum atomic E-state index is -0.531. The van der Waals surface area contributed by atoms with Crippen molar-refractivity contribution in [1.82, 2.24) is 25.1 Å². The van der Waals surface area contributed by atoms with Gasteiger partial charge in [-0.05, 0) is 77.8 Å².